The third kappa shape index (κ3) is 3.20. The molecular formula is C17H24N4. The number of rotatable bonds is 2. The van der Waals surface area contributed by atoms with Crippen LogP contribution in [0.25, 0.3) is 10.9 Å². The molecule has 2 heterocycles. The predicted octanol–water partition coefficient (Wildman–Crippen LogP) is 2.98. The van der Waals surface area contributed by atoms with E-state index in [1.165, 1.54) is 29.4 Å². The molecule has 1 aliphatic heterocycles. The Hall–Kier alpha value is -1.97. The number of piperidine rings is 1. The number of likely N-dealkylation sites (tertiary alicyclic amines) is 1. The van der Waals surface area contributed by atoms with Crippen molar-refractivity contribution in [2.75, 3.05) is 20.1 Å². The zero-order valence-corrected chi connectivity index (χ0v) is 12.9. The number of benzene rings is 1. The van der Waals surface area contributed by atoms with Gasteiger partial charge in [0.1, 0.15) is 0 Å². The summed E-state index contributed by atoms with van der Waals surface area (Å²) < 4.78 is 0. The second-order valence-corrected chi connectivity index (χ2v) is 5.95. The van der Waals surface area contributed by atoms with Crippen molar-refractivity contribution in [2.45, 2.75) is 26.3 Å². The Morgan fingerprint density at radius 3 is 2.81 bits per heavy atom. The first-order valence-corrected chi connectivity index (χ1v) is 7.78. The summed E-state index contributed by atoms with van der Waals surface area (Å²) in [6, 6.07) is 10.6. The summed E-state index contributed by atoms with van der Waals surface area (Å²) in [6.45, 7) is 5.33. The van der Waals surface area contributed by atoms with E-state index in [2.05, 4.69) is 57.4 Å². The molecule has 0 amide bonds. The summed E-state index contributed by atoms with van der Waals surface area (Å²) in [5.41, 5.74) is 2.39. The molecule has 0 spiro atoms. The third-order valence-corrected chi connectivity index (χ3v) is 4.32. The van der Waals surface area contributed by atoms with Crippen molar-refractivity contribution < 1.29 is 0 Å². The molecule has 3 rings (SSSR count). The van der Waals surface area contributed by atoms with E-state index < -0.39 is 0 Å². The highest BCUT2D eigenvalue weighted by molar-refractivity contribution is 5.81. The summed E-state index contributed by atoms with van der Waals surface area (Å²) in [4.78, 5) is 10.2. The molecule has 0 aliphatic carbocycles. The number of aromatic nitrogens is 1. The standard InChI is InChI=1S/C17H24N4/c1-13-7-9-21(10-8-13)17(18-2)19-12-15-11-14-5-3-4-6-16(14)20-15/h3-6,11,13,20H,7-10,12H2,1-2H3,(H,18,19). The molecule has 1 saturated heterocycles. The van der Waals surface area contributed by atoms with Crippen LogP contribution in [0.15, 0.2) is 35.3 Å². The lowest BCUT2D eigenvalue weighted by molar-refractivity contribution is 0.273. The lowest BCUT2D eigenvalue weighted by Crippen LogP contribution is -2.45. The van der Waals surface area contributed by atoms with Gasteiger partial charge in [-0.25, -0.2) is 0 Å². The minimum atomic E-state index is 0.785. The van der Waals surface area contributed by atoms with Crippen LogP contribution in [-0.2, 0) is 6.54 Å². The number of H-pyrrole nitrogens is 1. The number of aromatic amines is 1. The number of aliphatic imine (C=N–C) groups is 1. The van der Waals surface area contributed by atoms with Gasteiger partial charge in [0.2, 0.25) is 0 Å². The lowest BCUT2D eigenvalue weighted by Gasteiger charge is -2.32. The molecular weight excluding hydrogens is 260 g/mol. The van der Waals surface area contributed by atoms with Crippen LogP contribution in [0.4, 0.5) is 0 Å². The number of nitrogens with zero attached hydrogens (tertiary/aromatic N) is 2. The van der Waals surface area contributed by atoms with Gasteiger partial charge in [-0.1, -0.05) is 25.1 Å². The normalized spacial score (nSPS) is 17.4. The summed E-state index contributed by atoms with van der Waals surface area (Å²) in [6.07, 6.45) is 2.51. The highest BCUT2D eigenvalue weighted by atomic mass is 15.3. The minimum Gasteiger partial charge on any atom is -0.357 e. The average Bonchev–Trinajstić information content (AvgIpc) is 2.92. The van der Waals surface area contributed by atoms with Crippen molar-refractivity contribution in [2.24, 2.45) is 10.9 Å². The second-order valence-electron chi connectivity index (χ2n) is 5.95. The van der Waals surface area contributed by atoms with Crippen molar-refractivity contribution in [3.8, 4) is 0 Å². The summed E-state index contributed by atoms with van der Waals surface area (Å²) >= 11 is 0. The zero-order chi connectivity index (χ0) is 14.7. The largest absolute Gasteiger partial charge is 0.357 e. The molecule has 1 aromatic carbocycles. The van der Waals surface area contributed by atoms with Crippen LogP contribution in [0.2, 0.25) is 0 Å². The van der Waals surface area contributed by atoms with E-state index in [4.69, 9.17) is 0 Å². The fraction of sp³-hybridized carbons (Fsp3) is 0.471. The van der Waals surface area contributed by atoms with Crippen LogP contribution >= 0.6 is 0 Å². The van der Waals surface area contributed by atoms with Crippen molar-refractivity contribution in [1.82, 2.24) is 15.2 Å². The van der Waals surface area contributed by atoms with Crippen LogP contribution in [0.1, 0.15) is 25.5 Å². The molecule has 21 heavy (non-hydrogen) atoms. The van der Waals surface area contributed by atoms with Crippen LogP contribution in [-0.4, -0.2) is 36.0 Å². The molecule has 0 bridgehead atoms. The topological polar surface area (TPSA) is 43.4 Å². The smallest absolute Gasteiger partial charge is 0.193 e. The molecule has 4 nitrogen and oxygen atoms in total. The first-order valence-electron chi connectivity index (χ1n) is 7.78. The Morgan fingerprint density at radius 1 is 1.33 bits per heavy atom. The molecule has 2 N–H and O–H groups in total. The highest BCUT2D eigenvalue weighted by Gasteiger charge is 2.18. The third-order valence-electron chi connectivity index (χ3n) is 4.32. The van der Waals surface area contributed by atoms with Gasteiger partial charge in [-0.15, -0.1) is 0 Å². The molecule has 2 aromatic rings. The Morgan fingerprint density at radius 2 is 2.10 bits per heavy atom. The van der Waals surface area contributed by atoms with Crippen molar-refractivity contribution in [1.29, 1.82) is 0 Å². The van der Waals surface area contributed by atoms with Crippen molar-refractivity contribution in [3.05, 3.63) is 36.0 Å². The molecule has 1 aliphatic rings. The molecule has 0 radical (unpaired) electrons. The van der Waals surface area contributed by atoms with Crippen molar-refractivity contribution in [3.63, 3.8) is 0 Å². The number of fused-ring (bicyclic) bond motifs is 1. The zero-order valence-electron chi connectivity index (χ0n) is 12.9. The van der Waals surface area contributed by atoms with Gasteiger partial charge < -0.3 is 15.2 Å². The molecule has 1 aromatic heterocycles. The number of hydrogen-bond donors (Lipinski definition) is 2. The maximum Gasteiger partial charge on any atom is 0.193 e. The van der Waals surface area contributed by atoms with E-state index in [0.717, 1.165) is 31.5 Å². The van der Waals surface area contributed by atoms with Gasteiger partial charge in [0.15, 0.2) is 5.96 Å². The molecule has 0 saturated carbocycles. The van der Waals surface area contributed by atoms with Gasteiger partial charge in [0, 0.05) is 31.3 Å². The first kappa shape index (κ1) is 14.0. The van der Waals surface area contributed by atoms with Crippen LogP contribution in [0.5, 0.6) is 0 Å². The van der Waals surface area contributed by atoms with Gasteiger partial charge in [0.05, 0.1) is 6.54 Å². The highest BCUT2D eigenvalue weighted by Crippen LogP contribution is 2.17. The van der Waals surface area contributed by atoms with E-state index in [0.29, 0.717) is 0 Å². The fourth-order valence-corrected chi connectivity index (χ4v) is 2.96. The first-order chi connectivity index (χ1) is 10.3. The van der Waals surface area contributed by atoms with Gasteiger partial charge in [-0.3, -0.25) is 4.99 Å². The maximum absolute atomic E-state index is 4.42. The minimum absolute atomic E-state index is 0.785. The predicted molar refractivity (Wildman–Crippen MR) is 88.5 cm³/mol. The Kier molecular flexibility index (Phi) is 4.13. The van der Waals surface area contributed by atoms with Gasteiger partial charge in [-0.05, 0) is 36.3 Å². The van der Waals surface area contributed by atoms with Gasteiger partial charge >= 0.3 is 0 Å². The Balaban J connectivity index is 1.62. The number of guanidine groups is 1. The number of nitrogens with one attached hydrogen (secondary N) is 2. The molecule has 4 heteroatoms. The Labute approximate surface area is 126 Å². The quantitative estimate of drug-likeness (QED) is 0.658. The molecule has 0 unspecified atom stereocenters. The molecule has 112 valence electrons. The van der Waals surface area contributed by atoms with Crippen molar-refractivity contribution >= 4 is 16.9 Å². The number of para-hydroxylation sites is 1. The summed E-state index contributed by atoms with van der Waals surface area (Å²) in [5.74, 6) is 1.86. The number of hydrogen-bond acceptors (Lipinski definition) is 1. The van der Waals surface area contributed by atoms with Gasteiger partial charge in [0.25, 0.3) is 0 Å². The van der Waals surface area contributed by atoms with E-state index in [1.54, 1.807) is 0 Å². The molecule has 1 fully saturated rings. The maximum atomic E-state index is 4.42. The van der Waals surface area contributed by atoms with E-state index in [9.17, 15) is 0 Å². The SMILES string of the molecule is CN=C(NCc1cc2ccccc2[nH]1)N1CCC(C)CC1. The summed E-state index contributed by atoms with van der Waals surface area (Å²) in [5, 5.41) is 4.74. The fourth-order valence-electron chi connectivity index (χ4n) is 2.96. The molecule has 0 atom stereocenters. The summed E-state index contributed by atoms with van der Waals surface area (Å²) in [7, 11) is 1.87. The van der Waals surface area contributed by atoms with E-state index >= 15 is 0 Å². The van der Waals surface area contributed by atoms with E-state index in [1.807, 2.05) is 7.05 Å². The van der Waals surface area contributed by atoms with E-state index in [-0.39, 0.29) is 0 Å². The monoisotopic (exact) mass is 284 g/mol. The van der Waals surface area contributed by atoms with Gasteiger partial charge in [-0.2, -0.15) is 0 Å². The second kappa shape index (κ2) is 6.20. The van der Waals surface area contributed by atoms with Crippen LogP contribution in [0.3, 0.4) is 0 Å². The van der Waals surface area contributed by atoms with Crippen LogP contribution < -0.4 is 5.32 Å². The average molecular weight is 284 g/mol. The Bertz CT molecular complexity index is 588. The van der Waals surface area contributed by atoms with Crippen LogP contribution in [0, 0.1) is 5.92 Å². The lowest BCUT2D eigenvalue weighted by atomic mass is 10.00.